The number of hydrogen-bond acceptors (Lipinski definition) is 5. The molecule has 0 saturated carbocycles. The number of aliphatic carboxylic acids is 1. The van der Waals surface area contributed by atoms with Crippen molar-refractivity contribution in [1.29, 1.82) is 0 Å². The Balaban J connectivity index is 2.77. The minimum Gasteiger partial charge on any atom is -0.479 e. The summed E-state index contributed by atoms with van der Waals surface area (Å²) in [5.74, 6) is -1.85. The van der Waals surface area contributed by atoms with Crippen LogP contribution in [0.5, 0.6) is 0 Å². The van der Waals surface area contributed by atoms with Crippen LogP contribution in [0.4, 0.5) is 0 Å². The fourth-order valence-corrected chi connectivity index (χ4v) is 1.66. The van der Waals surface area contributed by atoms with E-state index in [9.17, 15) is 15.0 Å². The molecule has 1 saturated heterocycles. The highest BCUT2D eigenvalue weighted by molar-refractivity contribution is 5.73. The monoisotopic (exact) mass is 234 g/mol. The highest BCUT2D eigenvalue weighted by atomic mass is 16.7. The number of ether oxygens (including phenoxy) is 2. The lowest BCUT2D eigenvalue weighted by atomic mass is 9.91. The van der Waals surface area contributed by atoms with Crippen molar-refractivity contribution in [3.8, 4) is 0 Å². The highest BCUT2D eigenvalue weighted by Crippen LogP contribution is 2.27. The van der Waals surface area contributed by atoms with Crippen molar-refractivity contribution in [2.24, 2.45) is 5.92 Å². The van der Waals surface area contributed by atoms with Crippen molar-refractivity contribution in [3.63, 3.8) is 0 Å². The smallest absolute Gasteiger partial charge is 0.333 e. The molecule has 0 amide bonds. The largest absolute Gasteiger partial charge is 0.479 e. The van der Waals surface area contributed by atoms with Crippen LogP contribution in [0.1, 0.15) is 20.8 Å². The molecule has 1 aliphatic heterocycles. The fraction of sp³-hybridized carbons (Fsp3) is 0.900. The van der Waals surface area contributed by atoms with E-state index >= 15 is 0 Å². The first-order valence-electron chi connectivity index (χ1n) is 5.24. The van der Waals surface area contributed by atoms with Crippen molar-refractivity contribution in [2.75, 3.05) is 0 Å². The molecule has 16 heavy (non-hydrogen) atoms. The van der Waals surface area contributed by atoms with Gasteiger partial charge in [0.25, 0.3) is 0 Å². The maximum absolute atomic E-state index is 10.9. The Morgan fingerprint density at radius 3 is 2.31 bits per heavy atom. The molecule has 3 N–H and O–H groups in total. The Bertz CT molecular complexity index is 254. The zero-order valence-corrected chi connectivity index (χ0v) is 9.53. The second kappa shape index (κ2) is 5.09. The zero-order valence-electron chi connectivity index (χ0n) is 9.53. The number of carboxylic acids is 1. The van der Waals surface area contributed by atoms with E-state index in [4.69, 9.17) is 14.6 Å². The first-order chi connectivity index (χ1) is 7.34. The summed E-state index contributed by atoms with van der Waals surface area (Å²) in [5.41, 5.74) is 0. The lowest BCUT2D eigenvalue weighted by Crippen LogP contribution is -2.57. The average molecular weight is 234 g/mol. The van der Waals surface area contributed by atoms with Gasteiger partial charge in [-0.2, -0.15) is 0 Å². The molecule has 0 aliphatic carbocycles. The highest BCUT2D eigenvalue weighted by Gasteiger charge is 2.46. The van der Waals surface area contributed by atoms with Crippen LogP contribution in [-0.2, 0) is 14.3 Å². The van der Waals surface area contributed by atoms with Gasteiger partial charge in [-0.05, 0) is 13.8 Å². The van der Waals surface area contributed by atoms with E-state index in [0.29, 0.717) is 0 Å². The third-order valence-electron chi connectivity index (χ3n) is 2.58. The first-order valence-corrected chi connectivity index (χ1v) is 5.24. The van der Waals surface area contributed by atoms with E-state index in [-0.39, 0.29) is 6.10 Å². The van der Waals surface area contributed by atoms with Gasteiger partial charge in [0.15, 0.2) is 12.4 Å². The minimum absolute atomic E-state index is 0.227. The lowest BCUT2D eigenvalue weighted by Gasteiger charge is -2.40. The topological polar surface area (TPSA) is 96.2 Å². The van der Waals surface area contributed by atoms with Gasteiger partial charge < -0.3 is 24.8 Å². The van der Waals surface area contributed by atoms with Crippen LogP contribution in [0.25, 0.3) is 0 Å². The van der Waals surface area contributed by atoms with Crippen molar-refractivity contribution in [1.82, 2.24) is 0 Å². The zero-order chi connectivity index (χ0) is 12.5. The van der Waals surface area contributed by atoms with Gasteiger partial charge in [-0.3, -0.25) is 0 Å². The Morgan fingerprint density at radius 1 is 1.31 bits per heavy atom. The molecule has 0 aromatic carbocycles. The molecule has 0 unspecified atom stereocenters. The molecule has 1 rings (SSSR count). The summed E-state index contributed by atoms with van der Waals surface area (Å²) in [6, 6.07) is 0. The third kappa shape index (κ3) is 2.70. The second-order valence-electron chi connectivity index (χ2n) is 4.29. The summed E-state index contributed by atoms with van der Waals surface area (Å²) in [7, 11) is 0. The minimum atomic E-state index is -1.23. The molecule has 0 radical (unpaired) electrons. The molecule has 0 aromatic heterocycles. The molecule has 1 fully saturated rings. The van der Waals surface area contributed by atoms with E-state index in [0.717, 1.165) is 0 Å². The van der Waals surface area contributed by atoms with E-state index in [1.165, 1.54) is 6.92 Å². The Kier molecular flexibility index (Phi) is 4.26. The van der Waals surface area contributed by atoms with Crippen molar-refractivity contribution in [3.05, 3.63) is 0 Å². The lowest BCUT2D eigenvalue weighted by molar-refractivity contribution is -0.290. The summed E-state index contributed by atoms with van der Waals surface area (Å²) in [6.07, 6.45) is -4.89. The molecular weight excluding hydrogens is 216 g/mol. The molecule has 94 valence electrons. The number of hydrogen-bond donors (Lipinski definition) is 3. The van der Waals surface area contributed by atoms with Crippen LogP contribution in [0.15, 0.2) is 0 Å². The third-order valence-corrected chi connectivity index (χ3v) is 2.58. The average Bonchev–Trinajstić information content (AvgIpc) is 2.18. The van der Waals surface area contributed by atoms with Crippen LogP contribution in [-0.4, -0.2) is 52.0 Å². The molecule has 0 aromatic rings. The molecule has 6 nitrogen and oxygen atoms in total. The number of aliphatic hydroxyl groups is 2. The quantitative estimate of drug-likeness (QED) is 0.613. The van der Waals surface area contributed by atoms with E-state index in [1.807, 2.05) is 0 Å². The van der Waals surface area contributed by atoms with Gasteiger partial charge >= 0.3 is 5.97 Å². The maximum Gasteiger partial charge on any atom is 0.333 e. The van der Waals surface area contributed by atoms with Gasteiger partial charge in [-0.1, -0.05) is 6.92 Å². The SMILES string of the molecule is CC(C)O[C@@H]1O[C@H](C(=O)O)[C@@H](C)[C@H](O)[C@H]1O. The molecule has 0 spiro atoms. The van der Waals surface area contributed by atoms with E-state index in [1.54, 1.807) is 13.8 Å². The van der Waals surface area contributed by atoms with Crippen molar-refractivity contribution < 1.29 is 29.6 Å². The van der Waals surface area contributed by atoms with Crippen LogP contribution >= 0.6 is 0 Å². The first kappa shape index (κ1) is 13.4. The van der Waals surface area contributed by atoms with E-state index in [2.05, 4.69) is 0 Å². The predicted molar refractivity (Wildman–Crippen MR) is 53.7 cm³/mol. The number of aliphatic hydroxyl groups excluding tert-OH is 2. The predicted octanol–water partition coefficient (Wildman–Crippen LogP) is -0.421. The molecule has 0 bridgehead atoms. The van der Waals surface area contributed by atoms with Crippen LogP contribution in [0.3, 0.4) is 0 Å². The molecule has 1 aliphatic rings. The van der Waals surface area contributed by atoms with Crippen molar-refractivity contribution in [2.45, 2.75) is 51.5 Å². The molecule has 1 heterocycles. The van der Waals surface area contributed by atoms with Gasteiger partial charge in [-0.25, -0.2) is 4.79 Å². The number of carbonyl (C=O) groups is 1. The van der Waals surface area contributed by atoms with Gasteiger partial charge in [0.1, 0.15) is 6.10 Å². The van der Waals surface area contributed by atoms with Gasteiger partial charge in [0.05, 0.1) is 12.2 Å². The normalized spacial score (nSPS) is 40.0. The summed E-state index contributed by atoms with van der Waals surface area (Å²) in [5, 5.41) is 28.2. The Hall–Kier alpha value is -0.690. The number of carboxylic acid groups (broad SMARTS) is 1. The van der Waals surface area contributed by atoms with Crippen LogP contribution < -0.4 is 0 Å². The maximum atomic E-state index is 10.9. The summed E-state index contributed by atoms with van der Waals surface area (Å²) >= 11 is 0. The second-order valence-corrected chi connectivity index (χ2v) is 4.29. The van der Waals surface area contributed by atoms with Gasteiger partial charge in [0.2, 0.25) is 0 Å². The fourth-order valence-electron chi connectivity index (χ4n) is 1.66. The standard InChI is InChI=1S/C10H18O6/c1-4(2)15-10-7(12)6(11)5(3)8(16-10)9(13)14/h4-8,10-12H,1-3H3,(H,13,14)/t5-,6-,7+,8-,10+/m0/s1. The Morgan fingerprint density at radius 2 is 1.88 bits per heavy atom. The molecular formula is C10H18O6. The number of rotatable bonds is 3. The molecule has 5 atom stereocenters. The van der Waals surface area contributed by atoms with E-state index < -0.39 is 36.5 Å². The van der Waals surface area contributed by atoms with Gasteiger partial charge in [-0.15, -0.1) is 0 Å². The Labute approximate surface area is 93.8 Å². The summed E-state index contributed by atoms with van der Waals surface area (Å²) < 4.78 is 10.3. The van der Waals surface area contributed by atoms with Crippen LogP contribution in [0.2, 0.25) is 0 Å². The van der Waals surface area contributed by atoms with Gasteiger partial charge in [0, 0.05) is 5.92 Å². The molecule has 6 heteroatoms. The summed E-state index contributed by atoms with van der Waals surface area (Å²) in [4.78, 5) is 10.9. The summed E-state index contributed by atoms with van der Waals surface area (Å²) in [6.45, 7) is 4.98. The van der Waals surface area contributed by atoms with Crippen molar-refractivity contribution >= 4 is 5.97 Å². The van der Waals surface area contributed by atoms with Crippen LogP contribution in [0, 0.1) is 5.92 Å².